The number of hydrogen-bond donors (Lipinski definition) is 1. The van der Waals surface area contributed by atoms with E-state index in [1.54, 1.807) is 93.7 Å². The second-order valence-corrected chi connectivity index (χ2v) is 18.1. The standard InChI is InChI=1S/C36H24F7I2NO12S2/c37-27-26(33(47)46-60(53,54)36(41,42)43)28(38)30(40)31(29(27)39)56-10-12-58-35(49)25-23-18-7-3-1-5-16(18)22(17-6-2-4-8-19(17)23)24(25)34(48)57-11-9-55-15-13-20(44)32(21(45)14-15)59(50,51)52/h1-8,13-14,22-25H,9-12H2,(H,46,47)(H,50,51,52)/p-1. The van der Waals surface area contributed by atoms with Crippen molar-refractivity contribution in [1.82, 2.24) is 4.72 Å². The van der Waals surface area contributed by atoms with Crippen molar-refractivity contribution in [3.63, 3.8) is 0 Å². The Hall–Kier alpha value is -4.28. The second-order valence-electron chi connectivity index (χ2n) is 12.8. The van der Waals surface area contributed by atoms with Crippen LogP contribution in [0.2, 0.25) is 0 Å². The summed E-state index contributed by atoms with van der Waals surface area (Å²) >= 11 is 3.32. The number of halogens is 9. The van der Waals surface area contributed by atoms with Crippen LogP contribution >= 0.6 is 45.2 Å². The SMILES string of the molecule is O=C(NS(=O)(=O)C(F)(F)F)c1c(F)c(F)c(OCCOC(=O)C2C3c4ccccc4C(c4ccccc43)C2C(=O)OCCOc2cc(I)c(S(=O)(=O)[O-])c(I)c2)c(F)c1F. The summed E-state index contributed by atoms with van der Waals surface area (Å²) in [7, 11) is -11.3. The Balaban J connectivity index is 1.19. The van der Waals surface area contributed by atoms with Gasteiger partial charge in [0.25, 0.3) is 5.91 Å². The highest BCUT2D eigenvalue weighted by molar-refractivity contribution is 14.1. The van der Waals surface area contributed by atoms with Crippen molar-refractivity contribution in [2.24, 2.45) is 11.8 Å². The predicted molar refractivity (Wildman–Crippen MR) is 205 cm³/mol. The van der Waals surface area contributed by atoms with Crippen molar-refractivity contribution in [1.29, 1.82) is 0 Å². The molecule has 2 atom stereocenters. The van der Waals surface area contributed by atoms with Crippen molar-refractivity contribution in [3.05, 3.63) is 119 Å². The maximum Gasteiger partial charge on any atom is 0.516 e. The molecule has 24 heteroatoms. The highest BCUT2D eigenvalue weighted by Gasteiger charge is 2.56. The third kappa shape index (κ3) is 8.61. The van der Waals surface area contributed by atoms with Crippen LogP contribution in [0.4, 0.5) is 30.7 Å². The van der Waals surface area contributed by atoms with Gasteiger partial charge < -0.3 is 23.5 Å². The molecule has 3 aliphatic carbocycles. The highest BCUT2D eigenvalue weighted by Crippen LogP contribution is 2.58. The van der Waals surface area contributed by atoms with Gasteiger partial charge in [-0.25, -0.2) is 21.9 Å². The monoisotopic (exact) mass is 1110 g/mol. The van der Waals surface area contributed by atoms with Gasteiger partial charge in [0.15, 0.2) is 17.4 Å². The first kappa shape index (κ1) is 45.3. The molecule has 0 spiro atoms. The highest BCUT2D eigenvalue weighted by atomic mass is 127. The van der Waals surface area contributed by atoms with E-state index in [0.717, 1.165) is 0 Å². The van der Waals surface area contributed by atoms with Gasteiger partial charge in [0.2, 0.25) is 11.6 Å². The zero-order valence-corrected chi connectivity index (χ0v) is 35.5. The molecule has 0 radical (unpaired) electrons. The third-order valence-corrected chi connectivity index (χ3v) is 13.8. The number of carbonyl (C=O) groups excluding carboxylic acids is 3. The number of sulfonamides is 1. The van der Waals surface area contributed by atoms with E-state index in [0.29, 0.717) is 22.3 Å². The van der Waals surface area contributed by atoms with E-state index in [1.165, 1.54) is 12.1 Å². The van der Waals surface area contributed by atoms with Crippen molar-refractivity contribution < 1.29 is 85.5 Å². The molecule has 13 nitrogen and oxygen atoms in total. The molecule has 0 fully saturated rings. The first-order valence-corrected chi connectivity index (χ1v) is 21.8. The van der Waals surface area contributed by atoms with E-state index in [9.17, 15) is 66.5 Å². The Morgan fingerprint density at radius 2 is 1.07 bits per heavy atom. The topological polar surface area (TPSA) is 192 Å². The molecule has 2 bridgehead atoms. The molecule has 60 heavy (non-hydrogen) atoms. The minimum atomic E-state index is -6.54. The first-order chi connectivity index (χ1) is 28.1. The number of amides is 1. The smallest absolute Gasteiger partial charge is 0.516 e. The molecule has 4 aromatic rings. The zero-order valence-electron chi connectivity index (χ0n) is 29.5. The molecular weight excluding hydrogens is 1090 g/mol. The van der Waals surface area contributed by atoms with Crippen LogP contribution in [0, 0.1) is 42.2 Å². The Bertz CT molecular complexity index is 2550. The van der Waals surface area contributed by atoms with Crippen LogP contribution in [0.15, 0.2) is 65.6 Å². The number of ether oxygens (including phenoxy) is 4. The number of fused-ring (bicyclic) bond motifs is 1. The van der Waals surface area contributed by atoms with E-state index in [2.05, 4.69) is 0 Å². The summed E-state index contributed by atoms with van der Waals surface area (Å²) < 4.78 is 176. The van der Waals surface area contributed by atoms with Gasteiger partial charge in [-0.1, -0.05) is 48.5 Å². The van der Waals surface area contributed by atoms with Crippen LogP contribution < -0.4 is 14.2 Å². The molecule has 1 N–H and O–H groups in total. The first-order valence-electron chi connectivity index (χ1n) is 16.8. The normalized spacial score (nSPS) is 18.2. The lowest BCUT2D eigenvalue weighted by Crippen LogP contribution is -2.48. The summed E-state index contributed by atoms with van der Waals surface area (Å²) in [5.41, 5.74) is -5.68. The third-order valence-electron chi connectivity index (χ3n) is 9.36. The number of hydrogen-bond acceptors (Lipinski definition) is 12. The fourth-order valence-corrected chi connectivity index (χ4v) is 11.4. The van der Waals surface area contributed by atoms with Crippen molar-refractivity contribution in [3.8, 4) is 11.5 Å². The maximum absolute atomic E-state index is 14.8. The summed E-state index contributed by atoms with van der Waals surface area (Å²) in [5.74, 6) is -20.3. The molecule has 0 heterocycles. The van der Waals surface area contributed by atoms with Crippen LogP contribution in [-0.4, -0.2) is 71.2 Å². The zero-order chi connectivity index (χ0) is 44.1. The van der Waals surface area contributed by atoms with Gasteiger partial charge in [-0.15, -0.1) is 0 Å². The summed E-state index contributed by atoms with van der Waals surface area (Å²) in [5, 5.41) is 0. The molecule has 0 saturated carbocycles. The molecule has 0 saturated heterocycles. The lowest BCUT2D eigenvalue weighted by Gasteiger charge is -2.48. The quantitative estimate of drug-likeness (QED) is 0.0411. The van der Waals surface area contributed by atoms with Crippen LogP contribution in [-0.2, 0) is 39.2 Å². The number of nitrogens with one attached hydrogen (secondary N) is 1. The Morgan fingerprint density at radius 1 is 0.667 bits per heavy atom. The van der Waals surface area contributed by atoms with E-state index in [4.69, 9.17) is 18.9 Å². The number of benzene rings is 4. The van der Waals surface area contributed by atoms with Gasteiger partial charge in [-0.3, -0.25) is 14.4 Å². The molecule has 1 amide bonds. The van der Waals surface area contributed by atoms with Crippen LogP contribution in [0.25, 0.3) is 0 Å². The van der Waals surface area contributed by atoms with Gasteiger partial charge in [0.1, 0.15) is 47.9 Å². The maximum atomic E-state index is 14.8. The summed E-state index contributed by atoms with van der Waals surface area (Å²) in [6.07, 6.45) is 0. The molecular formula is C36H23F7I2NO12S2-. The molecule has 2 unspecified atom stereocenters. The van der Waals surface area contributed by atoms with Crippen LogP contribution in [0.5, 0.6) is 11.5 Å². The molecule has 0 aromatic heterocycles. The minimum absolute atomic E-state index is 0.100. The summed E-state index contributed by atoms with van der Waals surface area (Å²) in [6.45, 7) is -2.46. The van der Waals surface area contributed by atoms with Gasteiger partial charge >= 0.3 is 27.5 Å². The van der Waals surface area contributed by atoms with Crippen LogP contribution in [0.3, 0.4) is 0 Å². The number of esters is 2. The Kier molecular flexibility index (Phi) is 13.0. The van der Waals surface area contributed by atoms with Crippen molar-refractivity contribution in [2.45, 2.75) is 22.2 Å². The van der Waals surface area contributed by atoms with Crippen molar-refractivity contribution >= 4 is 83.2 Å². The lowest BCUT2D eigenvalue weighted by atomic mass is 9.54. The Labute approximate surface area is 362 Å². The summed E-state index contributed by atoms with van der Waals surface area (Å²) in [6, 6.07) is 16.6. The molecule has 320 valence electrons. The fraction of sp³-hybridized carbons (Fsp3) is 0.250. The van der Waals surface area contributed by atoms with E-state index in [1.807, 2.05) is 0 Å². The average molecular weight is 1110 g/mol. The minimum Gasteiger partial charge on any atom is -0.744 e. The van der Waals surface area contributed by atoms with Crippen molar-refractivity contribution in [2.75, 3.05) is 26.4 Å². The van der Waals surface area contributed by atoms with Gasteiger partial charge in [-0.2, -0.15) is 30.4 Å². The number of rotatable bonds is 13. The van der Waals surface area contributed by atoms with E-state index in [-0.39, 0.29) is 30.8 Å². The van der Waals surface area contributed by atoms with Gasteiger partial charge in [0.05, 0.1) is 16.7 Å². The predicted octanol–water partition coefficient (Wildman–Crippen LogP) is 6.00. The second kappa shape index (κ2) is 17.2. The molecule has 3 aliphatic rings. The van der Waals surface area contributed by atoms with Gasteiger partial charge in [0, 0.05) is 19.0 Å². The van der Waals surface area contributed by atoms with E-state index < -0.39 is 120 Å². The average Bonchev–Trinajstić information content (AvgIpc) is 3.16. The molecule has 4 aromatic carbocycles. The molecule has 7 rings (SSSR count). The Morgan fingerprint density at radius 3 is 1.45 bits per heavy atom. The number of alkyl halides is 3. The fourth-order valence-electron chi connectivity index (χ4n) is 7.05. The lowest BCUT2D eigenvalue weighted by molar-refractivity contribution is -0.164. The van der Waals surface area contributed by atoms with E-state index >= 15 is 0 Å². The summed E-state index contributed by atoms with van der Waals surface area (Å²) in [4.78, 5) is 39.4. The largest absolute Gasteiger partial charge is 0.744 e. The van der Waals surface area contributed by atoms with Crippen LogP contribution in [0.1, 0.15) is 44.4 Å². The van der Waals surface area contributed by atoms with Gasteiger partial charge in [-0.05, 0) is 79.6 Å². The molecule has 0 aliphatic heterocycles. The number of carbonyl (C=O) groups is 3.